The fourth-order valence-corrected chi connectivity index (χ4v) is 5.67. The summed E-state index contributed by atoms with van der Waals surface area (Å²) in [5.41, 5.74) is 8.97. The first-order valence-electron chi connectivity index (χ1n) is 13.6. The van der Waals surface area contributed by atoms with Crippen LogP contribution in [0.25, 0.3) is 72.3 Å². The van der Waals surface area contributed by atoms with Gasteiger partial charge in [-0.25, -0.2) is 9.97 Å². The third kappa shape index (κ3) is 3.95. The van der Waals surface area contributed by atoms with Crippen LogP contribution in [-0.2, 0) is 0 Å². The van der Waals surface area contributed by atoms with Crippen molar-refractivity contribution in [1.82, 2.24) is 24.5 Å². The highest BCUT2D eigenvalue weighted by Gasteiger charge is 2.14. The number of benzene rings is 3. The maximum Gasteiger partial charge on any atom is 0.138 e. The summed E-state index contributed by atoms with van der Waals surface area (Å²) < 4.78 is 2.20. The maximum atomic E-state index is 5.09. The molecule has 0 saturated heterocycles. The monoisotopic (exact) mass is 525 g/mol. The highest BCUT2D eigenvalue weighted by molar-refractivity contribution is 6.08. The molecule has 5 nitrogen and oxygen atoms in total. The highest BCUT2D eigenvalue weighted by Crippen LogP contribution is 2.33. The average Bonchev–Trinajstić information content (AvgIpc) is 3.39. The maximum absolute atomic E-state index is 5.09. The second-order valence-corrected chi connectivity index (χ2v) is 10.00. The fourth-order valence-electron chi connectivity index (χ4n) is 5.67. The molecule has 0 bridgehead atoms. The summed E-state index contributed by atoms with van der Waals surface area (Å²) in [7, 11) is 0. The molecule has 5 heterocycles. The van der Waals surface area contributed by atoms with Crippen molar-refractivity contribution in [2.45, 2.75) is 0 Å². The third-order valence-corrected chi connectivity index (χ3v) is 7.55. The van der Waals surface area contributed by atoms with Gasteiger partial charge in [0, 0.05) is 45.9 Å². The Morgan fingerprint density at radius 2 is 1.27 bits per heavy atom. The van der Waals surface area contributed by atoms with Gasteiger partial charge < -0.3 is 0 Å². The van der Waals surface area contributed by atoms with E-state index >= 15 is 0 Å². The SMILES string of the molecule is c1cc(-c2cccc(-c3cccc(-n4c5ccccc5c5cnccc54)n3)n2)cc(-c2cccc3cccnc23)c1. The molecule has 0 spiro atoms. The van der Waals surface area contributed by atoms with E-state index in [9.17, 15) is 0 Å². The van der Waals surface area contributed by atoms with Crippen molar-refractivity contribution < 1.29 is 0 Å². The Morgan fingerprint density at radius 1 is 0.512 bits per heavy atom. The van der Waals surface area contributed by atoms with Crippen molar-refractivity contribution in [2.24, 2.45) is 0 Å². The van der Waals surface area contributed by atoms with Crippen LogP contribution in [0, 0.1) is 0 Å². The molecule has 8 rings (SSSR count). The van der Waals surface area contributed by atoms with Crippen LogP contribution in [0.15, 0.2) is 140 Å². The minimum Gasteiger partial charge on any atom is -0.294 e. The second-order valence-electron chi connectivity index (χ2n) is 10.00. The van der Waals surface area contributed by atoms with Crippen molar-refractivity contribution in [3.8, 4) is 39.6 Å². The van der Waals surface area contributed by atoms with Crippen molar-refractivity contribution in [1.29, 1.82) is 0 Å². The van der Waals surface area contributed by atoms with Crippen LogP contribution in [0.2, 0.25) is 0 Å². The Hall–Kier alpha value is -5.68. The molecule has 3 aromatic carbocycles. The molecule has 0 amide bonds. The first-order chi connectivity index (χ1) is 20.3. The average molecular weight is 526 g/mol. The van der Waals surface area contributed by atoms with Gasteiger partial charge >= 0.3 is 0 Å². The van der Waals surface area contributed by atoms with E-state index in [-0.39, 0.29) is 0 Å². The molecule has 0 fully saturated rings. The molecule has 0 saturated carbocycles. The van der Waals surface area contributed by atoms with Crippen LogP contribution < -0.4 is 0 Å². The number of fused-ring (bicyclic) bond motifs is 4. The Kier molecular flexibility index (Phi) is 5.38. The van der Waals surface area contributed by atoms with Crippen LogP contribution in [0.1, 0.15) is 0 Å². The number of hydrogen-bond donors (Lipinski definition) is 0. The Balaban J connectivity index is 1.21. The molecule has 0 aliphatic rings. The lowest BCUT2D eigenvalue weighted by Gasteiger charge is -2.10. The molecule has 0 atom stereocenters. The predicted octanol–water partition coefficient (Wildman–Crippen LogP) is 8.52. The number of para-hydroxylation sites is 2. The molecule has 41 heavy (non-hydrogen) atoms. The lowest BCUT2D eigenvalue weighted by atomic mass is 9.99. The molecular weight excluding hydrogens is 502 g/mol. The van der Waals surface area contributed by atoms with Gasteiger partial charge in [0.05, 0.1) is 33.6 Å². The Morgan fingerprint density at radius 3 is 2.24 bits per heavy atom. The predicted molar refractivity (Wildman–Crippen MR) is 166 cm³/mol. The number of nitrogens with zero attached hydrogens (tertiary/aromatic N) is 5. The standard InChI is InChI=1S/C36H23N5/c1-2-17-33-28(12-1)29-23-37-21-19-34(29)41(33)35-18-6-16-32(40-35)31-15-5-14-30(39-31)26-10-3-9-25(22-26)27-13-4-8-24-11-7-20-38-36(24)27/h1-23H. The van der Waals surface area contributed by atoms with Crippen molar-refractivity contribution in [3.05, 3.63) is 140 Å². The fraction of sp³-hybridized carbons (Fsp3) is 0. The first kappa shape index (κ1) is 23.2. The van der Waals surface area contributed by atoms with E-state index in [2.05, 4.69) is 87.3 Å². The summed E-state index contributed by atoms with van der Waals surface area (Å²) in [5.74, 6) is 0.845. The van der Waals surface area contributed by atoms with Gasteiger partial charge in [-0.2, -0.15) is 0 Å². The third-order valence-electron chi connectivity index (χ3n) is 7.55. The quantitative estimate of drug-likeness (QED) is 0.231. The van der Waals surface area contributed by atoms with Gasteiger partial charge in [0.15, 0.2) is 0 Å². The zero-order chi connectivity index (χ0) is 27.2. The molecule has 0 aliphatic heterocycles. The number of aromatic nitrogens is 5. The molecule has 0 radical (unpaired) electrons. The zero-order valence-electron chi connectivity index (χ0n) is 22.0. The van der Waals surface area contributed by atoms with Gasteiger partial charge in [-0.15, -0.1) is 0 Å². The molecule has 0 N–H and O–H groups in total. The summed E-state index contributed by atoms with van der Waals surface area (Å²) in [6.07, 6.45) is 5.60. The normalized spacial score (nSPS) is 11.4. The van der Waals surface area contributed by atoms with Crippen LogP contribution in [0.4, 0.5) is 0 Å². The van der Waals surface area contributed by atoms with Gasteiger partial charge in [0.25, 0.3) is 0 Å². The number of rotatable bonds is 4. The van der Waals surface area contributed by atoms with Gasteiger partial charge in [-0.05, 0) is 54.1 Å². The van der Waals surface area contributed by atoms with E-state index in [1.165, 1.54) is 0 Å². The van der Waals surface area contributed by atoms with E-state index < -0.39 is 0 Å². The summed E-state index contributed by atoms with van der Waals surface area (Å²) in [5, 5.41) is 3.39. The van der Waals surface area contributed by atoms with Crippen LogP contribution >= 0.6 is 0 Å². The van der Waals surface area contributed by atoms with E-state index in [0.29, 0.717) is 0 Å². The lowest BCUT2D eigenvalue weighted by molar-refractivity contribution is 1.08. The van der Waals surface area contributed by atoms with Crippen LogP contribution in [-0.4, -0.2) is 24.5 Å². The van der Waals surface area contributed by atoms with Crippen molar-refractivity contribution >= 4 is 32.7 Å². The van der Waals surface area contributed by atoms with Crippen LogP contribution in [0.3, 0.4) is 0 Å². The second kappa shape index (κ2) is 9.50. The van der Waals surface area contributed by atoms with E-state index in [1.807, 2.05) is 67.1 Å². The molecule has 0 unspecified atom stereocenters. The minimum absolute atomic E-state index is 0.818. The van der Waals surface area contributed by atoms with Crippen molar-refractivity contribution in [2.75, 3.05) is 0 Å². The first-order valence-corrected chi connectivity index (χ1v) is 13.6. The van der Waals surface area contributed by atoms with E-state index in [0.717, 1.165) is 72.3 Å². The molecule has 0 aliphatic carbocycles. The molecule has 8 aromatic rings. The lowest BCUT2D eigenvalue weighted by Crippen LogP contribution is -1.99. The Labute approximate surface area is 236 Å². The molecule has 5 heteroatoms. The Bertz CT molecular complexity index is 2170. The summed E-state index contributed by atoms with van der Waals surface area (Å²) in [6, 6.07) is 41.5. The van der Waals surface area contributed by atoms with Crippen LogP contribution in [0.5, 0.6) is 0 Å². The topological polar surface area (TPSA) is 56.5 Å². The van der Waals surface area contributed by atoms with Gasteiger partial charge in [0.2, 0.25) is 0 Å². The van der Waals surface area contributed by atoms with E-state index in [4.69, 9.17) is 9.97 Å². The largest absolute Gasteiger partial charge is 0.294 e. The van der Waals surface area contributed by atoms with Crippen molar-refractivity contribution in [3.63, 3.8) is 0 Å². The molecule has 192 valence electrons. The van der Waals surface area contributed by atoms with Gasteiger partial charge in [-0.3, -0.25) is 14.5 Å². The minimum atomic E-state index is 0.818. The number of pyridine rings is 4. The highest BCUT2D eigenvalue weighted by atomic mass is 15.1. The summed E-state index contributed by atoms with van der Waals surface area (Å²) in [4.78, 5) is 19.2. The molecular formula is C36H23N5. The van der Waals surface area contributed by atoms with Gasteiger partial charge in [0.1, 0.15) is 5.82 Å². The zero-order valence-corrected chi connectivity index (χ0v) is 22.0. The summed E-state index contributed by atoms with van der Waals surface area (Å²) in [6.45, 7) is 0. The molecule has 5 aromatic heterocycles. The van der Waals surface area contributed by atoms with Gasteiger partial charge in [-0.1, -0.05) is 72.8 Å². The summed E-state index contributed by atoms with van der Waals surface area (Å²) >= 11 is 0. The number of hydrogen-bond acceptors (Lipinski definition) is 4. The van der Waals surface area contributed by atoms with E-state index in [1.54, 1.807) is 0 Å². The smallest absolute Gasteiger partial charge is 0.138 e.